The number of hydrogen-bond donors (Lipinski definition) is 0. The summed E-state index contributed by atoms with van der Waals surface area (Å²) in [5.41, 5.74) is 0. The van der Waals surface area contributed by atoms with E-state index >= 15 is 0 Å². The monoisotopic (exact) mass is 266 g/mol. The van der Waals surface area contributed by atoms with Crippen molar-refractivity contribution in [2.24, 2.45) is 0 Å². The molecular formula is C12H20F2O4. The summed E-state index contributed by atoms with van der Waals surface area (Å²) in [4.78, 5) is 21.8. The van der Waals surface area contributed by atoms with Gasteiger partial charge in [0.25, 0.3) is 0 Å². The maximum Gasteiger partial charge on any atom is 0.376 e. The van der Waals surface area contributed by atoms with Gasteiger partial charge in [-0.25, -0.2) is 4.79 Å². The molecule has 0 N–H and O–H groups in total. The van der Waals surface area contributed by atoms with Crippen LogP contribution < -0.4 is 0 Å². The number of hydrogen-bond acceptors (Lipinski definition) is 4. The first kappa shape index (κ1) is 16.8. The summed E-state index contributed by atoms with van der Waals surface area (Å²) in [6, 6.07) is 0. The second-order valence-corrected chi connectivity index (χ2v) is 3.79. The fourth-order valence-electron chi connectivity index (χ4n) is 1.37. The fraction of sp³-hybridized carbons (Fsp3) is 0.833. The van der Waals surface area contributed by atoms with E-state index in [0.29, 0.717) is 19.4 Å². The largest absolute Gasteiger partial charge is 0.466 e. The van der Waals surface area contributed by atoms with Crippen LogP contribution in [-0.2, 0) is 19.1 Å². The molecule has 0 saturated carbocycles. The van der Waals surface area contributed by atoms with Gasteiger partial charge in [-0.1, -0.05) is 6.42 Å². The number of esters is 2. The lowest BCUT2D eigenvalue weighted by atomic mass is 10.1. The van der Waals surface area contributed by atoms with Crippen molar-refractivity contribution in [3.8, 4) is 0 Å². The molecule has 0 rings (SSSR count). The van der Waals surface area contributed by atoms with Gasteiger partial charge in [-0.05, 0) is 26.7 Å². The Morgan fingerprint density at radius 2 is 1.61 bits per heavy atom. The number of alkyl halides is 2. The van der Waals surface area contributed by atoms with Crippen molar-refractivity contribution >= 4 is 11.9 Å². The number of carbonyl (C=O) groups is 2. The smallest absolute Gasteiger partial charge is 0.376 e. The SMILES string of the molecule is CCOC(=O)CCCCCC(F)(F)C(=O)OCC. The standard InChI is InChI=1S/C12H20F2O4/c1-3-17-10(15)8-6-5-7-9-12(13,14)11(16)18-4-2/h3-9H2,1-2H3. The minimum Gasteiger partial charge on any atom is -0.466 e. The number of carbonyl (C=O) groups excluding carboxylic acids is 2. The molecule has 106 valence electrons. The van der Waals surface area contributed by atoms with E-state index in [4.69, 9.17) is 4.74 Å². The van der Waals surface area contributed by atoms with Gasteiger partial charge in [-0.15, -0.1) is 0 Å². The number of unbranched alkanes of at least 4 members (excludes halogenated alkanes) is 2. The number of ether oxygens (including phenoxy) is 2. The van der Waals surface area contributed by atoms with Crippen molar-refractivity contribution in [1.29, 1.82) is 0 Å². The summed E-state index contributed by atoms with van der Waals surface area (Å²) >= 11 is 0. The van der Waals surface area contributed by atoms with Crippen molar-refractivity contribution < 1.29 is 27.8 Å². The Morgan fingerprint density at radius 3 is 2.17 bits per heavy atom. The summed E-state index contributed by atoms with van der Waals surface area (Å²) in [5.74, 6) is -5.23. The Bertz CT molecular complexity index is 267. The Morgan fingerprint density at radius 1 is 1.00 bits per heavy atom. The van der Waals surface area contributed by atoms with E-state index in [9.17, 15) is 18.4 Å². The maximum absolute atomic E-state index is 13.1. The van der Waals surface area contributed by atoms with Gasteiger partial charge in [0.1, 0.15) is 0 Å². The first-order chi connectivity index (χ1) is 8.44. The van der Waals surface area contributed by atoms with Gasteiger partial charge in [-0.2, -0.15) is 8.78 Å². The van der Waals surface area contributed by atoms with Crippen molar-refractivity contribution in [3.63, 3.8) is 0 Å². The third-order valence-corrected chi connectivity index (χ3v) is 2.25. The average molecular weight is 266 g/mol. The van der Waals surface area contributed by atoms with Crippen LogP contribution in [0.5, 0.6) is 0 Å². The van der Waals surface area contributed by atoms with Crippen LogP contribution in [-0.4, -0.2) is 31.1 Å². The molecular weight excluding hydrogens is 246 g/mol. The molecule has 0 fully saturated rings. The Hall–Kier alpha value is -1.20. The average Bonchev–Trinajstić information content (AvgIpc) is 2.29. The molecule has 0 unspecified atom stereocenters. The third kappa shape index (κ3) is 7.19. The predicted octanol–water partition coefficient (Wildman–Crippen LogP) is 2.70. The second kappa shape index (κ2) is 8.83. The molecule has 0 heterocycles. The summed E-state index contributed by atoms with van der Waals surface area (Å²) in [6.07, 6.45) is 0.782. The van der Waals surface area contributed by atoms with Crippen LogP contribution in [0.1, 0.15) is 46.0 Å². The lowest BCUT2D eigenvalue weighted by molar-refractivity contribution is -0.172. The summed E-state index contributed by atoms with van der Waals surface area (Å²) in [5, 5.41) is 0. The third-order valence-electron chi connectivity index (χ3n) is 2.25. The second-order valence-electron chi connectivity index (χ2n) is 3.79. The van der Waals surface area contributed by atoms with Gasteiger partial charge < -0.3 is 9.47 Å². The van der Waals surface area contributed by atoms with E-state index in [1.165, 1.54) is 6.92 Å². The van der Waals surface area contributed by atoms with Crippen LogP contribution in [0.25, 0.3) is 0 Å². The van der Waals surface area contributed by atoms with E-state index < -0.39 is 18.3 Å². The van der Waals surface area contributed by atoms with Gasteiger partial charge in [0.05, 0.1) is 13.2 Å². The molecule has 0 aromatic rings. The van der Waals surface area contributed by atoms with E-state index in [2.05, 4.69) is 4.74 Å². The zero-order valence-electron chi connectivity index (χ0n) is 10.8. The van der Waals surface area contributed by atoms with Crippen LogP contribution in [0.4, 0.5) is 8.78 Å². The minimum absolute atomic E-state index is 0.0583. The van der Waals surface area contributed by atoms with Crippen LogP contribution in [0.15, 0.2) is 0 Å². The molecule has 0 aromatic carbocycles. The molecule has 0 aromatic heterocycles. The van der Waals surface area contributed by atoms with Crippen LogP contribution in [0.3, 0.4) is 0 Å². The molecule has 0 radical (unpaired) electrons. The number of halogens is 2. The topological polar surface area (TPSA) is 52.6 Å². The van der Waals surface area contributed by atoms with Gasteiger partial charge in [-0.3, -0.25) is 4.79 Å². The Balaban J connectivity index is 3.70. The Kier molecular flexibility index (Phi) is 8.24. The summed E-state index contributed by atoms with van der Waals surface area (Å²) in [7, 11) is 0. The first-order valence-corrected chi connectivity index (χ1v) is 6.14. The van der Waals surface area contributed by atoms with Crippen molar-refractivity contribution in [2.45, 2.75) is 51.9 Å². The van der Waals surface area contributed by atoms with E-state index in [1.807, 2.05) is 0 Å². The lowest BCUT2D eigenvalue weighted by Gasteiger charge is -2.14. The zero-order chi connectivity index (χ0) is 14.0. The van der Waals surface area contributed by atoms with Gasteiger partial charge >= 0.3 is 17.9 Å². The quantitative estimate of drug-likeness (QED) is 0.475. The normalized spacial score (nSPS) is 11.1. The van der Waals surface area contributed by atoms with Crippen molar-refractivity contribution in [2.75, 3.05) is 13.2 Å². The van der Waals surface area contributed by atoms with Gasteiger partial charge in [0.2, 0.25) is 0 Å². The highest BCUT2D eigenvalue weighted by Crippen LogP contribution is 2.23. The van der Waals surface area contributed by atoms with Crippen molar-refractivity contribution in [3.05, 3.63) is 0 Å². The predicted molar refractivity (Wildman–Crippen MR) is 61.3 cm³/mol. The van der Waals surface area contributed by atoms with E-state index in [-0.39, 0.29) is 25.4 Å². The molecule has 0 aliphatic rings. The maximum atomic E-state index is 13.1. The molecule has 6 heteroatoms. The molecule has 0 aliphatic carbocycles. The lowest BCUT2D eigenvalue weighted by Crippen LogP contribution is -2.30. The molecule has 0 saturated heterocycles. The van der Waals surface area contributed by atoms with Crippen LogP contribution in [0.2, 0.25) is 0 Å². The van der Waals surface area contributed by atoms with Crippen LogP contribution in [0, 0.1) is 0 Å². The molecule has 0 amide bonds. The summed E-state index contributed by atoms with van der Waals surface area (Å²) < 4.78 is 35.3. The molecule has 0 bridgehead atoms. The Labute approximate surface area is 106 Å². The first-order valence-electron chi connectivity index (χ1n) is 6.14. The molecule has 0 atom stereocenters. The van der Waals surface area contributed by atoms with E-state index in [1.54, 1.807) is 6.92 Å². The number of rotatable bonds is 9. The zero-order valence-corrected chi connectivity index (χ0v) is 10.8. The highest BCUT2D eigenvalue weighted by atomic mass is 19.3. The van der Waals surface area contributed by atoms with Gasteiger partial charge in [0, 0.05) is 12.8 Å². The van der Waals surface area contributed by atoms with E-state index in [0.717, 1.165) is 0 Å². The molecule has 0 spiro atoms. The summed E-state index contributed by atoms with van der Waals surface area (Å²) in [6.45, 7) is 3.45. The van der Waals surface area contributed by atoms with Crippen molar-refractivity contribution in [1.82, 2.24) is 0 Å². The van der Waals surface area contributed by atoms with Gasteiger partial charge in [0.15, 0.2) is 0 Å². The molecule has 4 nitrogen and oxygen atoms in total. The van der Waals surface area contributed by atoms with Crippen LogP contribution >= 0.6 is 0 Å². The molecule has 18 heavy (non-hydrogen) atoms. The highest BCUT2D eigenvalue weighted by Gasteiger charge is 2.39. The highest BCUT2D eigenvalue weighted by molar-refractivity contribution is 5.77. The minimum atomic E-state index is -3.43. The fourth-order valence-corrected chi connectivity index (χ4v) is 1.37. The molecule has 0 aliphatic heterocycles.